The minimum absolute atomic E-state index is 0.150. The third-order valence-corrected chi connectivity index (χ3v) is 5.72. The van der Waals surface area contributed by atoms with Crippen LogP contribution < -0.4 is 10.6 Å². The van der Waals surface area contributed by atoms with Crippen molar-refractivity contribution in [1.82, 2.24) is 10.6 Å². The van der Waals surface area contributed by atoms with E-state index >= 15 is 0 Å². The van der Waals surface area contributed by atoms with Crippen molar-refractivity contribution < 1.29 is 23.1 Å². The van der Waals surface area contributed by atoms with Gasteiger partial charge in [-0.1, -0.05) is 43.2 Å². The number of carbonyl (C=O) groups excluding carboxylic acids is 1. The van der Waals surface area contributed by atoms with Crippen LogP contribution in [0.4, 0.5) is 13.2 Å². The molecule has 0 radical (unpaired) electrons. The van der Waals surface area contributed by atoms with Gasteiger partial charge < -0.3 is 15.7 Å². The van der Waals surface area contributed by atoms with Crippen LogP contribution in [0.25, 0.3) is 0 Å². The number of carbonyl (C=O) groups is 1. The molecule has 3 atom stereocenters. The van der Waals surface area contributed by atoms with Gasteiger partial charge in [-0.2, -0.15) is 13.2 Å². The fourth-order valence-corrected chi connectivity index (χ4v) is 4.15. The Kier molecular flexibility index (Phi) is 4.81. The first kappa shape index (κ1) is 18.2. The maximum Gasteiger partial charge on any atom is 0.423 e. The van der Waals surface area contributed by atoms with Gasteiger partial charge >= 0.3 is 6.18 Å². The van der Waals surface area contributed by atoms with Crippen molar-refractivity contribution in [2.75, 3.05) is 19.6 Å². The molecule has 2 aliphatic rings. The lowest BCUT2D eigenvalue weighted by molar-refractivity contribution is -0.264. The summed E-state index contributed by atoms with van der Waals surface area (Å²) >= 11 is 0. The monoisotopic (exact) mass is 356 g/mol. The number of benzene rings is 1. The highest BCUT2D eigenvalue weighted by Crippen LogP contribution is 2.44. The SMILES string of the molecule is O=C(NCC(O)(c1ccccc1)C(F)(F)F)[C@@]12CCCC[C@H]1CNC2. The molecule has 25 heavy (non-hydrogen) atoms. The molecule has 1 saturated heterocycles. The lowest BCUT2D eigenvalue weighted by Crippen LogP contribution is -2.55. The lowest BCUT2D eigenvalue weighted by atomic mass is 9.67. The van der Waals surface area contributed by atoms with Crippen LogP contribution in [0.3, 0.4) is 0 Å². The zero-order chi connectivity index (χ0) is 18.1. The van der Waals surface area contributed by atoms with Crippen molar-refractivity contribution in [3.63, 3.8) is 0 Å². The first-order valence-electron chi connectivity index (χ1n) is 8.63. The third-order valence-electron chi connectivity index (χ3n) is 5.72. The zero-order valence-corrected chi connectivity index (χ0v) is 13.9. The van der Waals surface area contributed by atoms with Gasteiger partial charge in [-0.3, -0.25) is 4.79 Å². The fourth-order valence-electron chi connectivity index (χ4n) is 4.15. The lowest BCUT2D eigenvalue weighted by Gasteiger charge is -2.38. The Morgan fingerprint density at radius 3 is 2.68 bits per heavy atom. The molecular weight excluding hydrogens is 333 g/mol. The highest BCUT2D eigenvalue weighted by Gasteiger charge is 2.56. The normalized spacial score (nSPS) is 28.9. The number of amides is 1. The molecule has 1 saturated carbocycles. The van der Waals surface area contributed by atoms with Gasteiger partial charge in [0, 0.05) is 6.54 Å². The van der Waals surface area contributed by atoms with E-state index in [0.29, 0.717) is 13.0 Å². The molecule has 3 rings (SSSR count). The fraction of sp³-hybridized carbons (Fsp3) is 0.611. The maximum atomic E-state index is 13.5. The Morgan fingerprint density at radius 1 is 1.28 bits per heavy atom. The number of halogens is 3. The van der Waals surface area contributed by atoms with E-state index in [4.69, 9.17) is 0 Å². The number of hydrogen-bond donors (Lipinski definition) is 3. The van der Waals surface area contributed by atoms with Crippen LogP contribution in [0.15, 0.2) is 30.3 Å². The van der Waals surface area contributed by atoms with Crippen molar-refractivity contribution >= 4 is 5.91 Å². The molecule has 1 amide bonds. The molecular formula is C18H23F3N2O2. The molecule has 1 aromatic carbocycles. The van der Waals surface area contributed by atoms with E-state index in [-0.39, 0.29) is 17.4 Å². The summed E-state index contributed by atoms with van der Waals surface area (Å²) in [5.74, 6) is -0.238. The van der Waals surface area contributed by atoms with Gasteiger partial charge in [0.15, 0.2) is 0 Å². The molecule has 1 unspecified atom stereocenters. The largest absolute Gasteiger partial charge is 0.423 e. The first-order valence-corrected chi connectivity index (χ1v) is 8.63. The van der Waals surface area contributed by atoms with Crippen LogP contribution in [0.2, 0.25) is 0 Å². The van der Waals surface area contributed by atoms with Gasteiger partial charge in [0.2, 0.25) is 11.5 Å². The van der Waals surface area contributed by atoms with Crippen LogP contribution in [-0.2, 0) is 10.4 Å². The molecule has 1 heterocycles. The highest BCUT2D eigenvalue weighted by atomic mass is 19.4. The number of nitrogens with one attached hydrogen (secondary N) is 2. The summed E-state index contributed by atoms with van der Waals surface area (Å²) in [6.45, 7) is 0.322. The van der Waals surface area contributed by atoms with Crippen LogP contribution >= 0.6 is 0 Å². The summed E-state index contributed by atoms with van der Waals surface area (Å²) in [7, 11) is 0. The predicted molar refractivity (Wildman–Crippen MR) is 86.7 cm³/mol. The summed E-state index contributed by atoms with van der Waals surface area (Å²) < 4.78 is 40.6. The average Bonchev–Trinajstić information content (AvgIpc) is 3.04. The Labute approximate surface area is 144 Å². The Morgan fingerprint density at radius 2 is 2.00 bits per heavy atom. The van der Waals surface area contributed by atoms with E-state index in [0.717, 1.165) is 25.8 Å². The maximum absolute atomic E-state index is 13.5. The van der Waals surface area contributed by atoms with Gasteiger partial charge in [0.1, 0.15) is 0 Å². The standard InChI is InChI=1S/C18H23F3N2O2/c19-18(20,21)17(25,13-6-2-1-3-7-13)12-23-15(24)16-9-5-4-8-14(16)10-22-11-16/h1-3,6-7,14,22,25H,4-5,8-12H2,(H,23,24)/t14-,16+,17?/m0/s1. The molecule has 1 aromatic rings. The second kappa shape index (κ2) is 6.61. The third kappa shape index (κ3) is 3.15. The van der Waals surface area contributed by atoms with E-state index in [1.165, 1.54) is 24.3 Å². The van der Waals surface area contributed by atoms with E-state index < -0.39 is 23.7 Å². The summed E-state index contributed by atoms with van der Waals surface area (Å²) in [5.41, 5.74) is -4.02. The minimum atomic E-state index is -4.89. The summed E-state index contributed by atoms with van der Waals surface area (Å²) in [4.78, 5) is 12.8. The van der Waals surface area contributed by atoms with E-state index in [1.54, 1.807) is 6.07 Å². The second-order valence-corrected chi connectivity index (χ2v) is 7.14. The molecule has 0 aromatic heterocycles. The Hall–Kier alpha value is -1.60. The topological polar surface area (TPSA) is 61.4 Å². The number of alkyl halides is 3. The number of fused-ring (bicyclic) bond motifs is 1. The van der Waals surface area contributed by atoms with Crippen molar-refractivity contribution in [3.8, 4) is 0 Å². The van der Waals surface area contributed by atoms with Gasteiger partial charge in [-0.15, -0.1) is 0 Å². The van der Waals surface area contributed by atoms with Gasteiger partial charge in [-0.25, -0.2) is 0 Å². The molecule has 0 spiro atoms. The van der Waals surface area contributed by atoms with Crippen LogP contribution in [0, 0.1) is 11.3 Å². The van der Waals surface area contributed by atoms with Gasteiger partial charge in [0.25, 0.3) is 0 Å². The van der Waals surface area contributed by atoms with Crippen molar-refractivity contribution in [3.05, 3.63) is 35.9 Å². The predicted octanol–water partition coefficient (Wildman–Crippen LogP) is 2.33. The summed E-state index contributed by atoms with van der Waals surface area (Å²) in [6, 6.07) is 6.89. The Balaban J connectivity index is 1.79. The molecule has 1 aliphatic carbocycles. The van der Waals surface area contributed by atoms with Crippen molar-refractivity contribution in [1.29, 1.82) is 0 Å². The van der Waals surface area contributed by atoms with E-state index in [1.807, 2.05) is 0 Å². The molecule has 3 N–H and O–H groups in total. The highest BCUT2D eigenvalue weighted by molar-refractivity contribution is 5.84. The van der Waals surface area contributed by atoms with Crippen LogP contribution in [-0.4, -0.2) is 36.8 Å². The molecule has 0 bridgehead atoms. The van der Waals surface area contributed by atoms with E-state index in [9.17, 15) is 23.1 Å². The molecule has 7 heteroatoms. The van der Waals surface area contributed by atoms with Crippen molar-refractivity contribution in [2.45, 2.75) is 37.5 Å². The quantitative estimate of drug-likeness (QED) is 0.776. The molecule has 1 aliphatic heterocycles. The zero-order valence-electron chi connectivity index (χ0n) is 13.9. The number of rotatable bonds is 4. The summed E-state index contributed by atoms with van der Waals surface area (Å²) in [5, 5.41) is 16.0. The average molecular weight is 356 g/mol. The molecule has 4 nitrogen and oxygen atoms in total. The second-order valence-electron chi connectivity index (χ2n) is 7.14. The van der Waals surface area contributed by atoms with E-state index in [2.05, 4.69) is 10.6 Å². The minimum Gasteiger partial charge on any atom is -0.375 e. The van der Waals surface area contributed by atoms with Crippen LogP contribution in [0.1, 0.15) is 31.2 Å². The first-order chi connectivity index (χ1) is 11.8. The van der Waals surface area contributed by atoms with Crippen molar-refractivity contribution in [2.24, 2.45) is 11.3 Å². The number of aliphatic hydroxyl groups is 1. The Bertz CT molecular complexity index is 622. The number of hydrogen-bond acceptors (Lipinski definition) is 3. The molecule has 2 fully saturated rings. The molecule has 138 valence electrons. The summed E-state index contributed by atoms with van der Waals surface area (Å²) in [6.07, 6.45) is -1.38. The van der Waals surface area contributed by atoms with Crippen LogP contribution in [0.5, 0.6) is 0 Å². The smallest absolute Gasteiger partial charge is 0.375 e. The van der Waals surface area contributed by atoms with Gasteiger partial charge in [0.05, 0.1) is 12.0 Å². The van der Waals surface area contributed by atoms with Gasteiger partial charge in [-0.05, 0) is 30.9 Å².